The average Bonchev–Trinajstić information content (AvgIpc) is 2.82. The number of rotatable bonds is 5. The van der Waals surface area contributed by atoms with Gasteiger partial charge in [0, 0.05) is 17.8 Å². The molecule has 0 saturated carbocycles. The summed E-state index contributed by atoms with van der Waals surface area (Å²) in [5.41, 5.74) is 4.45. The summed E-state index contributed by atoms with van der Waals surface area (Å²) in [7, 11) is 0. The summed E-state index contributed by atoms with van der Waals surface area (Å²) in [5, 5.41) is 12.6. The Kier molecular flexibility index (Phi) is 4.85. The highest BCUT2D eigenvalue weighted by atomic mass is 16.5. The molecule has 4 nitrogen and oxygen atoms in total. The minimum Gasteiger partial charge on any atom is -0.494 e. The van der Waals surface area contributed by atoms with Crippen LogP contribution in [0.2, 0.25) is 0 Å². The van der Waals surface area contributed by atoms with Crippen molar-refractivity contribution >= 4 is 17.7 Å². The lowest BCUT2D eigenvalue weighted by atomic mass is 10.0. The van der Waals surface area contributed by atoms with Gasteiger partial charge in [-0.2, -0.15) is 0 Å². The van der Waals surface area contributed by atoms with Crippen LogP contribution in [0.4, 0.5) is 5.69 Å². The molecule has 0 spiro atoms. The Morgan fingerprint density at radius 3 is 2.62 bits per heavy atom. The van der Waals surface area contributed by atoms with E-state index in [2.05, 4.69) is 12.2 Å². The quantitative estimate of drug-likeness (QED) is 0.855. The zero-order valence-electron chi connectivity index (χ0n) is 13.7. The summed E-state index contributed by atoms with van der Waals surface area (Å²) >= 11 is 0. The van der Waals surface area contributed by atoms with Gasteiger partial charge in [-0.1, -0.05) is 25.1 Å². The third-order valence-corrected chi connectivity index (χ3v) is 4.03. The topological polar surface area (TPSA) is 58.6 Å². The van der Waals surface area contributed by atoms with Crippen molar-refractivity contribution in [2.24, 2.45) is 0 Å². The summed E-state index contributed by atoms with van der Waals surface area (Å²) in [6.07, 6.45) is 3.26. The molecule has 0 saturated heterocycles. The molecule has 0 radical (unpaired) electrons. The molecule has 1 aliphatic rings. The first-order valence-corrected chi connectivity index (χ1v) is 8.22. The molecule has 124 valence electrons. The maximum absolute atomic E-state index is 11.3. The van der Waals surface area contributed by atoms with Crippen molar-refractivity contribution in [1.29, 1.82) is 0 Å². The highest BCUT2D eigenvalue weighted by Gasteiger charge is 2.13. The largest absolute Gasteiger partial charge is 0.494 e. The first-order chi connectivity index (χ1) is 11.7. The number of carboxylic acids is 1. The molecule has 0 bridgehead atoms. The van der Waals surface area contributed by atoms with E-state index in [1.165, 1.54) is 0 Å². The molecule has 2 aromatic carbocycles. The summed E-state index contributed by atoms with van der Waals surface area (Å²) in [6, 6.07) is 14.1. The van der Waals surface area contributed by atoms with Crippen molar-refractivity contribution in [3.8, 4) is 16.9 Å². The fraction of sp³-hybridized carbons (Fsp3) is 0.250. The van der Waals surface area contributed by atoms with Crippen molar-refractivity contribution in [2.75, 3.05) is 18.5 Å². The second-order valence-corrected chi connectivity index (χ2v) is 5.83. The van der Waals surface area contributed by atoms with Crippen molar-refractivity contribution in [3.63, 3.8) is 0 Å². The van der Waals surface area contributed by atoms with Crippen molar-refractivity contribution in [2.45, 2.75) is 19.8 Å². The fourth-order valence-electron chi connectivity index (χ4n) is 2.75. The molecule has 0 atom stereocenters. The normalized spacial score (nSPS) is 13.3. The second kappa shape index (κ2) is 7.21. The van der Waals surface area contributed by atoms with Crippen LogP contribution in [0.1, 0.15) is 25.3 Å². The van der Waals surface area contributed by atoms with Gasteiger partial charge in [-0.25, -0.2) is 4.79 Å². The Bertz CT molecular complexity index is 763. The van der Waals surface area contributed by atoms with E-state index in [0.717, 1.165) is 34.5 Å². The summed E-state index contributed by atoms with van der Waals surface area (Å²) in [5.74, 6) is 0.0116. The highest BCUT2D eigenvalue weighted by molar-refractivity contribution is 5.94. The zero-order valence-corrected chi connectivity index (χ0v) is 13.7. The van der Waals surface area contributed by atoms with E-state index in [0.29, 0.717) is 25.1 Å². The molecule has 2 aromatic rings. The number of hydrogen-bond donors (Lipinski definition) is 2. The fourth-order valence-corrected chi connectivity index (χ4v) is 2.75. The van der Waals surface area contributed by atoms with E-state index in [1.54, 1.807) is 6.08 Å². The van der Waals surface area contributed by atoms with Crippen LogP contribution in [-0.4, -0.2) is 24.2 Å². The van der Waals surface area contributed by atoms with E-state index in [9.17, 15) is 9.90 Å². The number of fused-ring (bicyclic) bond motifs is 1. The molecule has 2 N–H and O–H groups in total. The van der Waals surface area contributed by atoms with Gasteiger partial charge in [-0.05, 0) is 59.9 Å². The summed E-state index contributed by atoms with van der Waals surface area (Å²) in [6.45, 7) is 3.43. The van der Waals surface area contributed by atoms with Crippen LogP contribution in [0.3, 0.4) is 0 Å². The lowest BCUT2D eigenvalue weighted by molar-refractivity contribution is -0.132. The predicted octanol–water partition coefficient (Wildman–Crippen LogP) is 4.43. The molecule has 1 heterocycles. The first kappa shape index (κ1) is 16.1. The van der Waals surface area contributed by atoms with Gasteiger partial charge in [-0.15, -0.1) is 0 Å². The Labute approximate surface area is 141 Å². The third kappa shape index (κ3) is 3.59. The van der Waals surface area contributed by atoms with Crippen molar-refractivity contribution in [3.05, 3.63) is 53.6 Å². The van der Waals surface area contributed by atoms with Crippen molar-refractivity contribution < 1.29 is 14.6 Å². The van der Waals surface area contributed by atoms with E-state index in [4.69, 9.17) is 4.74 Å². The van der Waals surface area contributed by atoms with Gasteiger partial charge in [0.25, 0.3) is 0 Å². The van der Waals surface area contributed by atoms with Crippen LogP contribution in [0.25, 0.3) is 17.2 Å². The number of nitrogens with one attached hydrogen (secondary N) is 1. The van der Waals surface area contributed by atoms with E-state index in [1.807, 2.05) is 42.5 Å². The molecule has 0 unspecified atom stereocenters. The number of carbonyl (C=O) groups is 1. The Balaban J connectivity index is 1.90. The van der Waals surface area contributed by atoms with Crippen LogP contribution in [-0.2, 0) is 4.79 Å². The van der Waals surface area contributed by atoms with Gasteiger partial charge in [0.2, 0.25) is 0 Å². The summed E-state index contributed by atoms with van der Waals surface area (Å²) < 4.78 is 5.61. The van der Waals surface area contributed by atoms with Gasteiger partial charge in [-0.3, -0.25) is 0 Å². The number of hydrogen-bond acceptors (Lipinski definition) is 3. The SMILES string of the molecule is CCCOc1ccc(-c2ccc3c(c2)C=C(C(=O)O)CCN3)cc1. The van der Waals surface area contributed by atoms with E-state index >= 15 is 0 Å². The third-order valence-electron chi connectivity index (χ3n) is 4.03. The minimum absolute atomic E-state index is 0.432. The van der Waals surface area contributed by atoms with Crippen molar-refractivity contribution in [1.82, 2.24) is 0 Å². The Morgan fingerprint density at radius 2 is 1.92 bits per heavy atom. The highest BCUT2D eigenvalue weighted by Crippen LogP contribution is 2.30. The maximum Gasteiger partial charge on any atom is 0.331 e. The Hall–Kier alpha value is -2.75. The van der Waals surface area contributed by atoms with Gasteiger partial charge < -0.3 is 15.2 Å². The molecule has 1 aliphatic heterocycles. The molecule has 0 amide bonds. The van der Waals surface area contributed by atoms with Crippen LogP contribution in [0.15, 0.2) is 48.0 Å². The molecule has 0 fully saturated rings. The van der Waals surface area contributed by atoms with Crippen LogP contribution in [0, 0.1) is 0 Å². The number of aliphatic carboxylic acids is 1. The molecule has 3 rings (SSSR count). The smallest absolute Gasteiger partial charge is 0.331 e. The van der Waals surface area contributed by atoms with Crippen LogP contribution >= 0.6 is 0 Å². The molecular weight excluding hydrogens is 302 g/mol. The number of anilines is 1. The van der Waals surface area contributed by atoms with Gasteiger partial charge in [0.05, 0.1) is 6.61 Å². The van der Waals surface area contributed by atoms with Gasteiger partial charge in [0.15, 0.2) is 0 Å². The second-order valence-electron chi connectivity index (χ2n) is 5.83. The maximum atomic E-state index is 11.3. The molecule has 24 heavy (non-hydrogen) atoms. The minimum atomic E-state index is -0.854. The van der Waals surface area contributed by atoms with E-state index < -0.39 is 5.97 Å². The van der Waals surface area contributed by atoms with Crippen LogP contribution in [0.5, 0.6) is 5.75 Å². The summed E-state index contributed by atoms with van der Waals surface area (Å²) in [4.78, 5) is 11.3. The number of benzene rings is 2. The molecular formula is C20H21NO3. The Morgan fingerprint density at radius 1 is 1.17 bits per heavy atom. The number of ether oxygens (including phenoxy) is 1. The average molecular weight is 323 g/mol. The molecule has 4 heteroatoms. The first-order valence-electron chi connectivity index (χ1n) is 8.22. The monoisotopic (exact) mass is 323 g/mol. The van der Waals surface area contributed by atoms with Gasteiger partial charge >= 0.3 is 5.97 Å². The molecule has 0 aromatic heterocycles. The zero-order chi connectivity index (χ0) is 16.9. The lowest BCUT2D eigenvalue weighted by Gasteiger charge is -2.10. The van der Waals surface area contributed by atoms with Gasteiger partial charge in [0.1, 0.15) is 5.75 Å². The number of carboxylic acid groups (broad SMARTS) is 1. The standard InChI is InChI=1S/C20H21NO3/c1-2-11-24-18-6-3-14(4-7-18)15-5-8-19-17(12-15)13-16(20(22)23)9-10-21-19/h3-8,12-13,21H,2,9-11H2,1H3,(H,22,23). The predicted molar refractivity (Wildman–Crippen MR) is 96.4 cm³/mol. The van der Waals surface area contributed by atoms with E-state index in [-0.39, 0.29) is 0 Å². The molecule has 0 aliphatic carbocycles. The van der Waals surface area contributed by atoms with Crippen LogP contribution < -0.4 is 10.1 Å². The lowest BCUT2D eigenvalue weighted by Crippen LogP contribution is -2.05.